The SMILES string of the molecule is CNC(C)C1CCN(C(C)C(=O)Nc2ccccc2)CC1. The molecule has 0 radical (unpaired) electrons. The fourth-order valence-electron chi connectivity index (χ4n) is 2.98. The minimum absolute atomic E-state index is 0.0731. The molecular formula is C17H27N3O. The van der Waals surface area contributed by atoms with E-state index in [0.717, 1.165) is 37.5 Å². The van der Waals surface area contributed by atoms with E-state index >= 15 is 0 Å². The molecular weight excluding hydrogens is 262 g/mol. The maximum Gasteiger partial charge on any atom is 0.241 e. The van der Waals surface area contributed by atoms with E-state index in [9.17, 15) is 4.79 Å². The highest BCUT2D eigenvalue weighted by atomic mass is 16.2. The van der Waals surface area contributed by atoms with Gasteiger partial charge in [-0.2, -0.15) is 0 Å². The monoisotopic (exact) mass is 289 g/mol. The van der Waals surface area contributed by atoms with E-state index in [2.05, 4.69) is 22.5 Å². The quantitative estimate of drug-likeness (QED) is 0.874. The van der Waals surface area contributed by atoms with Gasteiger partial charge in [-0.15, -0.1) is 0 Å². The van der Waals surface area contributed by atoms with Gasteiger partial charge in [-0.05, 0) is 64.9 Å². The van der Waals surface area contributed by atoms with Crippen molar-refractivity contribution >= 4 is 11.6 Å². The summed E-state index contributed by atoms with van der Waals surface area (Å²) in [5.74, 6) is 0.803. The molecule has 0 spiro atoms. The molecule has 2 atom stereocenters. The zero-order valence-corrected chi connectivity index (χ0v) is 13.3. The summed E-state index contributed by atoms with van der Waals surface area (Å²) < 4.78 is 0. The molecule has 1 heterocycles. The van der Waals surface area contributed by atoms with Crippen LogP contribution in [0.25, 0.3) is 0 Å². The molecule has 21 heavy (non-hydrogen) atoms. The standard InChI is InChI=1S/C17H27N3O/c1-13(18-3)15-9-11-20(12-10-15)14(2)17(21)19-16-7-5-4-6-8-16/h4-8,13-15,18H,9-12H2,1-3H3,(H,19,21). The number of para-hydroxylation sites is 1. The van der Waals surface area contributed by atoms with Gasteiger partial charge in [-0.25, -0.2) is 0 Å². The number of anilines is 1. The zero-order valence-electron chi connectivity index (χ0n) is 13.3. The van der Waals surface area contributed by atoms with E-state index in [0.29, 0.717) is 6.04 Å². The van der Waals surface area contributed by atoms with Gasteiger partial charge in [0.05, 0.1) is 6.04 Å². The number of carbonyl (C=O) groups is 1. The molecule has 1 aromatic rings. The van der Waals surface area contributed by atoms with Crippen molar-refractivity contribution in [2.75, 3.05) is 25.5 Å². The number of nitrogens with zero attached hydrogens (tertiary/aromatic N) is 1. The fourth-order valence-corrected chi connectivity index (χ4v) is 2.98. The number of benzene rings is 1. The summed E-state index contributed by atoms with van der Waals surface area (Å²) in [5, 5.41) is 6.33. The molecule has 2 rings (SSSR count). The van der Waals surface area contributed by atoms with Crippen molar-refractivity contribution in [2.24, 2.45) is 5.92 Å². The number of amides is 1. The Morgan fingerprint density at radius 2 is 1.81 bits per heavy atom. The van der Waals surface area contributed by atoms with Crippen LogP contribution < -0.4 is 10.6 Å². The Kier molecular flexibility index (Phi) is 5.76. The van der Waals surface area contributed by atoms with Crippen LogP contribution in [0.3, 0.4) is 0 Å². The lowest BCUT2D eigenvalue weighted by Crippen LogP contribution is -2.48. The maximum absolute atomic E-state index is 12.3. The molecule has 2 N–H and O–H groups in total. The first kappa shape index (κ1) is 16.0. The highest BCUT2D eigenvalue weighted by Crippen LogP contribution is 2.22. The van der Waals surface area contributed by atoms with Gasteiger partial charge in [-0.3, -0.25) is 9.69 Å². The molecule has 1 fully saturated rings. The molecule has 1 saturated heterocycles. The van der Waals surface area contributed by atoms with Crippen molar-refractivity contribution in [3.05, 3.63) is 30.3 Å². The summed E-state index contributed by atoms with van der Waals surface area (Å²) in [5.41, 5.74) is 0.869. The second-order valence-corrected chi connectivity index (χ2v) is 5.98. The Hall–Kier alpha value is -1.39. The normalized spacial score (nSPS) is 20.0. The molecule has 0 bridgehead atoms. The Bertz CT molecular complexity index is 441. The molecule has 1 aliphatic rings. The van der Waals surface area contributed by atoms with E-state index < -0.39 is 0 Å². The molecule has 0 saturated carbocycles. The number of piperidine rings is 1. The third-order valence-electron chi connectivity index (χ3n) is 4.71. The third-order valence-corrected chi connectivity index (χ3v) is 4.71. The number of nitrogens with one attached hydrogen (secondary N) is 2. The first-order valence-corrected chi connectivity index (χ1v) is 7.89. The maximum atomic E-state index is 12.3. The number of likely N-dealkylation sites (tertiary alicyclic amines) is 1. The van der Waals surface area contributed by atoms with Crippen molar-refractivity contribution in [2.45, 2.75) is 38.8 Å². The molecule has 0 aromatic heterocycles. The second-order valence-electron chi connectivity index (χ2n) is 5.98. The lowest BCUT2D eigenvalue weighted by molar-refractivity contribution is -0.121. The molecule has 116 valence electrons. The van der Waals surface area contributed by atoms with E-state index in [1.807, 2.05) is 44.3 Å². The molecule has 4 nitrogen and oxygen atoms in total. The van der Waals surface area contributed by atoms with Crippen LogP contribution in [-0.2, 0) is 4.79 Å². The Balaban J connectivity index is 1.84. The van der Waals surface area contributed by atoms with Gasteiger partial charge >= 0.3 is 0 Å². The summed E-state index contributed by atoms with van der Waals surface area (Å²) in [6.45, 7) is 6.24. The van der Waals surface area contributed by atoms with E-state index in [4.69, 9.17) is 0 Å². The topological polar surface area (TPSA) is 44.4 Å². The summed E-state index contributed by atoms with van der Waals surface area (Å²) >= 11 is 0. The van der Waals surface area contributed by atoms with Crippen molar-refractivity contribution in [1.29, 1.82) is 0 Å². The van der Waals surface area contributed by atoms with Crippen molar-refractivity contribution in [1.82, 2.24) is 10.2 Å². The lowest BCUT2D eigenvalue weighted by atomic mass is 9.90. The summed E-state index contributed by atoms with van der Waals surface area (Å²) in [4.78, 5) is 14.6. The third kappa shape index (κ3) is 4.29. The van der Waals surface area contributed by atoms with Crippen LogP contribution in [0.15, 0.2) is 30.3 Å². The molecule has 2 unspecified atom stereocenters. The predicted molar refractivity (Wildman–Crippen MR) is 87.4 cm³/mol. The average Bonchev–Trinajstić information content (AvgIpc) is 2.54. The van der Waals surface area contributed by atoms with Gasteiger partial charge in [0.2, 0.25) is 5.91 Å². The molecule has 4 heteroatoms. The van der Waals surface area contributed by atoms with Crippen molar-refractivity contribution in [3.8, 4) is 0 Å². The van der Waals surface area contributed by atoms with Crippen molar-refractivity contribution < 1.29 is 4.79 Å². The van der Waals surface area contributed by atoms with Gasteiger partial charge in [-0.1, -0.05) is 18.2 Å². The van der Waals surface area contributed by atoms with Crippen LogP contribution in [0.4, 0.5) is 5.69 Å². The second kappa shape index (κ2) is 7.57. The summed E-state index contributed by atoms with van der Waals surface area (Å²) in [6, 6.07) is 10.1. The van der Waals surface area contributed by atoms with Gasteiger partial charge in [0, 0.05) is 11.7 Å². The van der Waals surface area contributed by atoms with E-state index in [1.54, 1.807) is 0 Å². The first-order valence-electron chi connectivity index (χ1n) is 7.89. The number of hydrogen-bond donors (Lipinski definition) is 2. The highest BCUT2D eigenvalue weighted by molar-refractivity contribution is 5.94. The fraction of sp³-hybridized carbons (Fsp3) is 0.588. The van der Waals surface area contributed by atoms with Crippen molar-refractivity contribution in [3.63, 3.8) is 0 Å². The first-order chi connectivity index (χ1) is 10.1. The molecule has 1 amide bonds. The molecule has 1 aliphatic heterocycles. The van der Waals surface area contributed by atoms with Crippen LogP contribution in [-0.4, -0.2) is 43.0 Å². The van der Waals surface area contributed by atoms with E-state index in [-0.39, 0.29) is 11.9 Å². The molecule has 1 aromatic carbocycles. The highest BCUT2D eigenvalue weighted by Gasteiger charge is 2.28. The largest absolute Gasteiger partial charge is 0.325 e. The number of rotatable bonds is 5. The van der Waals surface area contributed by atoms with Crippen LogP contribution in [0.5, 0.6) is 0 Å². The summed E-state index contributed by atoms with van der Waals surface area (Å²) in [7, 11) is 2.02. The predicted octanol–water partition coefficient (Wildman–Crippen LogP) is 2.33. The smallest absolute Gasteiger partial charge is 0.241 e. The van der Waals surface area contributed by atoms with E-state index in [1.165, 1.54) is 0 Å². The van der Waals surface area contributed by atoms with Crippen LogP contribution in [0.2, 0.25) is 0 Å². The minimum atomic E-state index is -0.0731. The Labute approximate surface area is 127 Å². The zero-order chi connectivity index (χ0) is 15.2. The number of carbonyl (C=O) groups excluding carboxylic acids is 1. The van der Waals surface area contributed by atoms with Crippen LogP contribution in [0, 0.1) is 5.92 Å². The number of hydrogen-bond acceptors (Lipinski definition) is 3. The van der Waals surface area contributed by atoms with Crippen LogP contribution in [0.1, 0.15) is 26.7 Å². The Morgan fingerprint density at radius 1 is 1.19 bits per heavy atom. The van der Waals surface area contributed by atoms with Gasteiger partial charge in [0.15, 0.2) is 0 Å². The van der Waals surface area contributed by atoms with Crippen LogP contribution >= 0.6 is 0 Å². The Morgan fingerprint density at radius 3 is 2.38 bits per heavy atom. The summed E-state index contributed by atoms with van der Waals surface area (Å²) in [6.07, 6.45) is 2.32. The van der Waals surface area contributed by atoms with Gasteiger partial charge in [0.1, 0.15) is 0 Å². The lowest BCUT2D eigenvalue weighted by Gasteiger charge is -2.37. The average molecular weight is 289 g/mol. The molecule has 0 aliphatic carbocycles. The van der Waals surface area contributed by atoms with Gasteiger partial charge in [0.25, 0.3) is 0 Å². The minimum Gasteiger partial charge on any atom is -0.325 e. The van der Waals surface area contributed by atoms with Gasteiger partial charge < -0.3 is 10.6 Å².